The van der Waals surface area contributed by atoms with Crippen LogP contribution in [0.4, 0.5) is 10.5 Å². The lowest BCUT2D eigenvalue weighted by Gasteiger charge is -2.30. The Morgan fingerprint density at radius 2 is 1.03 bits per heavy atom. The van der Waals surface area contributed by atoms with Crippen molar-refractivity contribution in [2.45, 2.75) is 235 Å². The molecule has 10 unspecified atom stereocenters. The summed E-state index contributed by atoms with van der Waals surface area (Å²) in [6, 6.07) is -16.4. The highest BCUT2D eigenvalue weighted by atomic mass is 16.5. The van der Waals surface area contributed by atoms with Gasteiger partial charge in [0, 0.05) is 24.2 Å². The number of Topliss-reactive ketones (excluding diaryl/α,β-unsaturated/α-hetero) is 1. The van der Waals surface area contributed by atoms with Crippen LogP contribution in [0, 0.1) is 5.92 Å². The van der Waals surface area contributed by atoms with E-state index in [2.05, 4.69) is 60.1 Å². The third kappa shape index (κ3) is 37.3. The third-order valence-electron chi connectivity index (χ3n) is 16.9. The summed E-state index contributed by atoms with van der Waals surface area (Å²) in [4.78, 5) is 256. The maximum atomic E-state index is 14.7. The number of rotatable bonds is 38. The molecule has 0 aliphatic carbocycles. The van der Waals surface area contributed by atoms with E-state index in [4.69, 9.17) is 21.9 Å². The van der Waals surface area contributed by atoms with Crippen molar-refractivity contribution in [2.75, 3.05) is 38.5 Å². The van der Waals surface area contributed by atoms with Crippen LogP contribution in [0.25, 0.3) is 0 Å². The summed E-state index contributed by atoms with van der Waals surface area (Å²) in [5.41, 5.74) is 16.8. The van der Waals surface area contributed by atoms with Gasteiger partial charge in [-0.05, 0) is 57.7 Å². The fraction of sp³-hybridized carbons (Fsp3) is 0.632. The average molecular weight is 1550 g/mol. The molecule has 1 heterocycles. The number of para-hydroxylation sites is 1. The van der Waals surface area contributed by atoms with E-state index in [0.29, 0.717) is 6.42 Å². The highest BCUT2D eigenvalue weighted by Crippen LogP contribution is 2.19. The first-order valence-electron chi connectivity index (χ1n) is 35.9. The molecule has 1 fully saturated rings. The van der Waals surface area contributed by atoms with Crippen LogP contribution in [0.15, 0.2) is 24.3 Å². The molecule has 0 spiro atoms. The Morgan fingerprint density at radius 3 is 1.56 bits per heavy atom. The van der Waals surface area contributed by atoms with E-state index in [1.165, 1.54) is 69.2 Å². The van der Waals surface area contributed by atoms with Crippen LogP contribution >= 0.6 is 0 Å². The summed E-state index contributed by atoms with van der Waals surface area (Å²) in [5.74, 6) is -27.5. The topological polar surface area (TPSA) is 669 Å². The molecular weight excluding hydrogens is 1440 g/mol. The lowest BCUT2D eigenvalue weighted by molar-refractivity contribution is -0.156. The average Bonchev–Trinajstić information content (AvgIpc) is 0.837. The number of amides is 14. The van der Waals surface area contributed by atoms with Crippen molar-refractivity contribution in [1.29, 1.82) is 0 Å². The molecule has 2 rings (SSSR count). The third-order valence-corrected chi connectivity index (χ3v) is 16.9. The number of hydrogen-bond donors (Lipinski definition) is 21. The second-order valence-corrected chi connectivity index (χ2v) is 26.2. The van der Waals surface area contributed by atoms with Gasteiger partial charge in [-0.1, -0.05) is 109 Å². The standard InChI is InChI=1S/C68H106N16O25/c1-5-6-7-8-9-10-11-12-13-14-15-16-17-20-26-72-68(108)82-42(29-49(71)87)62(102)80-45(32-55(96)97)63(103)84-57-38(4)109-67(107)46(28-48(86)39-22-18-19-23-40(39)70)81-66(106)56(36(2)27-52(90)91)83-64(104)47(35-85)77-51(89)33-73-59(99)43(30-53(92)93)78-58(98)37(3)75-61(101)44(31-54(94)95)79-60(100)41(24-21-25-69)76-50(88)34-74-65(57)105/h18-19,22-23,36-38,41-47,56-57,85H,5-17,20-21,24-35,69-70H2,1-4H3,(H2,71,87)(H,73,99)(H,74,105)(H,75,101)(H,76,88)(H,77,89)(H,78,98)(H,79,100)(H,80,102)(H,81,106)(H,83,104)(H,84,103)(H,90,91)(H,92,93)(H,94,95)(H,96,97)(H2,72,82,108)/t36?,37?,38?,41?,42-,43?,44?,45-,46?,47?,56?,57?/m0/s1. The van der Waals surface area contributed by atoms with Gasteiger partial charge in [0.15, 0.2) is 5.78 Å². The summed E-state index contributed by atoms with van der Waals surface area (Å²) >= 11 is 0. The number of ketones is 1. The number of aliphatic hydroxyl groups is 1. The van der Waals surface area contributed by atoms with Crippen molar-refractivity contribution in [3.8, 4) is 0 Å². The van der Waals surface area contributed by atoms with Gasteiger partial charge in [-0.15, -0.1) is 0 Å². The van der Waals surface area contributed by atoms with Gasteiger partial charge in [-0.3, -0.25) is 81.5 Å². The van der Waals surface area contributed by atoms with E-state index in [1.807, 2.05) is 16.0 Å². The van der Waals surface area contributed by atoms with Crippen LogP contribution in [-0.2, 0) is 86.2 Å². The fourth-order valence-electron chi connectivity index (χ4n) is 11.0. The van der Waals surface area contributed by atoms with E-state index >= 15 is 0 Å². The van der Waals surface area contributed by atoms with Crippen molar-refractivity contribution in [3.63, 3.8) is 0 Å². The molecule has 1 aromatic carbocycles. The second kappa shape index (κ2) is 50.4. The first-order valence-corrected chi connectivity index (χ1v) is 35.9. The highest BCUT2D eigenvalue weighted by molar-refractivity contribution is 6.05. The van der Waals surface area contributed by atoms with Crippen molar-refractivity contribution in [3.05, 3.63) is 29.8 Å². The van der Waals surface area contributed by atoms with Crippen molar-refractivity contribution in [2.24, 2.45) is 17.4 Å². The molecular formula is C68H106N16O25. The van der Waals surface area contributed by atoms with Gasteiger partial charge < -0.3 is 117 Å². The Bertz CT molecular complexity index is 3340. The second-order valence-electron chi connectivity index (χ2n) is 26.2. The van der Waals surface area contributed by atoms with Crippen LogP contribution < -0.4 is 86.3 Å². The fourth-order valence-corrected chi connectivity index (χ4v) is 11.0. The number of ether oxygens (including phenoxy) is 1. The molecule has 1 aliphatic heterocycles. The van der Waals surface area contributed by atoms with E-state index in [9.17, 15) is 117 Å². The molecule has 109 heavy (non-hydrogen) atoms. The van der Waals surface area contributed by atoms with E-state index < -0.39 is 243 Å². The number of carboxylic acids is 4. The number of nitrogens with two attached hydrogens (primary N) is 3. The molecule has 608 valence electrons. The zero-order valence-electron chi connectivity index (χ0n) is 61.5. The molecule has 14 amide bonds. The smallest absolute Gasteiger partial charge is 0.329 e. The molecule has 1 aromatic rings. The SMILES string of the molecule is CCCCCCCCCCCCCCCCNC(=O)N[C@@H](CC(N)=O)C(=O)N[C@@H](CC(=O)O)C(=O)NC1C(=O)NCC(=O)NC(CCCN)C(=O)NC(CC(=O)O)C(=O)NC(C)C(=O)NC(CC(=O)O)C(=O)NCC(=O)NC(CO)C(=O)NC(C(C)CC(=O)O)C(=O)NC(CC(=O)c2ccccc2N)C(=O)OC1C. The summed E-state index contributed by atoms with van der Waals surface area (Å²) < 4.78 is 5.64. The number of cyclic esters (lactones) is 1. The largest absolute Gasteiger partial charge is 0.481 e. The van der Waals surface area contributed by atoms with Crippen molar-refractivity contribution in [1.82, 2.24) is 69.1 Å². The number of unbranched alkanes of at least 4 members (excludes halogenated alkanes) is 13. The number of benzene rings is 1. The number of primary amides is 1. The molecule has 12 atom stereocenters. The number of aliphatic carboxylic acids is 4. The van der Waals surface area contributed by atoms with E-state index in [0.717, 1.165) is 59.3 Å². The molecule has 24 N–H and O–H groups in total. The molecule has 0 saturated carbocycles. The van der Waals surface area contributed by atoms with Gasteiger partial charge in [0.25, 0.3) is 0 Å². The first kappa shape index (κ1) is 94.0. The molecule has 0 radical (unpaired) electrons. The monoisotopic (exact) mass is 1550 g/mol. The minimum Gasteiger partial charge on any atom is -0.481 e. The van der Waals surface area contributed by atoms with E-state index in [1.54, 1.807) is 0 Å². The maximum absolute atomic E-state index is 14.7. The quantitative estimate of drug-likeness (QED) is 0.0129. The maximum Gasteiger partial charge on any atom is 0.329 e. The van der Waals surface area contributed by atoms with Gasteiger partial charge in [0.2, 0.25) is 70.9 Å². The van der Waals surface area contributed by atoms with Gasteiger partial charge in [0.05, 0.1) is 51.8 Å². The Kier molecular flexibility index (Phi) is 43.5. The lowest BCUT2D eigenvalue weighted by atomic mass is 9.96. The molecule has 41 nitrogen and oxygen atoms in total. The number of hydrogen-bond acceptors (Lipinski definition) is 23. The van der Waals surface area contributed by atoms with Crippen LogP contribution in [0.3, 0.4) is 0 Å². The summed E-state index contributed by atoms with van der Waals surface area (Å²) in [6.07, 6.45) is 5.66. The Hall–Kier alpha value is -11.1. The zero-order chi connectivity index (χ0) is 81.9. The van der Waals surface area contributed by atoms with Gasteiger partial charge in [0.1, 0.15) is 66.5 Å². The van der Waals surface area contributed by atoms with Gasteiger partial charge in [-0.25, -0.2) is 9.59 Å². The number of nitrogens with one attached hydrogen (secondary N) is 13. The van der Waals surface area contributed by atoms with Crippen molar-refractivity contribution < 1.29 is 121 Å². The van der Waals surface area contributed by atoms with Crippen molar-refractivity contribution >= 4 is 118 Å². The number of aliphatic hydroxyl groups excluding tert-OH is 1. The normalized spacial score (nSPS) is 21.4. The summed E-state index contributed by atoms with van der Waals surface area (Å²) in [5, 5.41) is 77.4. The Labute approximate surface area is 627 Å². The summed E-state index contributed by atoms with van der Waals surface area (Å²) in [6.45, 7) is 1.46. The van der Waals surface area contributed by atoms with Crippen LogP contribution in [0.5, 0.6) is 0 Å². The number of anilines is 1. The first-order chi connectivity index (χ1) is 51.5. The number of carboxylic acid groups (broad SMARTS) is 4. The number of nitrogen functional groups attached to an aromatic ring is 1. The summed E-state index contributed by atoms with van der Waals surface area (Å²) in [7, 11) is 0. The number of urea groups is 1. The van der Waals surface area contributed by atoms with Crippen LogP contribution in [0.1, 0.15) is 179 Å². The molecule has 0 bridgehead atoms. The molecule has 0 aromatic heterocycles. The molecule has 1 aliphatic rings. The molecule has 41 heteroatoms. The van der Waals surface area contributed by atoms with Gasteiger partial charge in [-0.2, -0.15) is 0 Å². The van der Waals surface area contributed by atoms with E-state index in [-0.39, 0.29) is 37.2 Å². The highest BCUT2D eigenvalue weighted by Gasteiger charge is 2.40. The predicted octanol–water partition coefficient (Wildman–Crippen LogP) is -4.31. The lowest BCUT2D eigenvalue weighted by Crippen LogP contribution is -2.61. The minimum atomic E-state index is -2.39. The minimum absolute atomic E-state index is 0.0732. The number of carbonyl (C=O) groups is 19. The predicted molar refractivity (Wildman–Crippen MR) is 382 cm³/mol. The van der Waals surface area contributed by atoms with Crippen LogP contribution in [0.2, 0.25) is 0 Å². The van der Waals surface area contributed by atoms with Gasteiger partial charge >= 0.3 is 35.9 Å². The Morgan fingerprint density at radius 1 is 0.532 bits per heavy atom. The molecule has 1 saturated heterocycles. The zero-order valence-corrected chi connectivity index (χ0v) is 61.5. The number of carbonyl (C=O) groups excluding carboxylic acids is 15. The van der Waals surface area contributed by atoms with Crippen LogP contribution in [-0.4, -0.2) is 237 Å². The number of esters is 1. The Balaban J connectivity index is 2.80.